The summed E-state index contributed by atoms with van der Waals surface area (Å²) in [4.78, 5) is 17.2. The van der Waals surface area contributed by atoms with Crippen LogP contribution in [0.5, 0.6) is 11.5 Å². The molecular weight excluding hydrogens is 584 g/mol. The van der Waals surface area contributed by atoms with E-state index >= 15 is 0 Å². The number of benzene rings is 2. The van der Waals surface area contributed by atoms with Crippen LogP contribution >= 0.6 is 0 Å². The third kappa shape index (κ3) is 3.21. The normalized spacial score (nSPS) is 36.8. The van der Waals surface area contributed by atoms with Crippen LogP contribution in [0, 0.1) is 0 Å². The molecule has 4 aliphatic carbocycles. The third-order valence-corrected chi connectivity index (χ3v) is 12.6. The number of hydrogen-bond donors (Lipinski definition) is 3. The summed E-state index contributed by atoms with van der Waals surface area (Å²) in [5.74, 6) is 2.32. The van der Waals surface area contributed by atoms with Crippen molar-refractivity contribution in [3.63, 3.8) is 0 Å². The van der Waals surface area contributed by atoms with Gasteiger partial charge in [-0.05, 0) is 87.8 Å². The van der Waals surface area contributed by atoms with Gasteiger partial charge in [-0.15, -0.1) is 0 Å². The van der Waals surface area contributed by atoms with Crippen LogP contribution in [0.1, 0.15) is 46.2 Å². The van der Waals surface area contributed by atoms with Gasteiger partial charge in [-0.2, -0.15) is 0 Å². The van der Waals surface area contributed by atoms with Crippen molar-refractivity contribution in [2.75, 3.05) is 34.3 Å². The molecule has 0 amide bonds. The molecule has 2 aromatic rings. The van der Waals surface area contributed by atoms with Gasteiger partial charge in [0.1, 0.15) is 22.9 Å². The number of ether oxygens (including phenoxy) is 3. The van der Waals surface area contributed by atoms with Gasteiger partial charge in [-0.3, -0.25) is 14.6 Å². The fourth-order valence-electron chi connectivity index (χ4n) is 10.5. The molecule has 3 N–H and O–H groups in total. The maximum Gasteiger partial charge on any atom is 0.196 e. The predicted molar refractivity (Wildman–Crippen MR) is 169 cm³/mol. The summed E-state index contributed by atoms with van der Waals surface area (Å²) in [5, 5.41) is 31.0. The smallest absolute Gasteiger partial charge is 0.196 e. The standard InChI is InChI=1S/C19H21NO3.C18H19NO4/c1-20-8-7-19-13-5-6-15(22-2)18(19)23-17-12(10-21)4-3-11(16(17)19)9-14(13)20;1-19-7-6-17-14-10-2-3-11(9-20)15(14)23-16(17)12(21)4-5-18(17,22)13(19)8-10/h3-6,14,18,21H,7-10H2,1-2H3;2-5,13,16,20,22H,6-9H2,1H3/t14-,18+,19+;13-,16+,17+,18-/m11/s1. The second kappa shape index (κ2) is 9.55. The van der Waals surface area contributed by atoms with E-state index in [0.29, 0.717) is 23.8 Å². The summed E-state index contributed by atoms with van der Waals surface area (Å²) in [6, 6.07) is 8.47. The van der Waals surface area contributed by atoms with Crippen molar-refractivity contribution in [3.8, 4) is 11.5 Å². The van der Waals surface area contributed by atoms with Crippen molar-refractivity contribution in [1.82, 2.24) is 9.80 Å². The average molecular weight is 625 g/mol. The van der Waals surface area contributed by atoms with E-state index in [2.05, 4.69) is 35.1 Å². The molecule has 8 aliphatic rings. The summed E-state index contributed by atoms with van der Waals surface area (Å²) in [6.07, 6.45) is 10.2. The highest BCUT2D eigenvalue weighted by Gasteiger charge is 2.71. The fourth-order valence-corrected chi connectivity index (χ4v) is 10.5. The van der Waals surface area contributed by atoms with Crippen LogP contribution in [-0.4, -0.2) is 95.1 Å². The molecule has 10 rings (SSSR count). The van der Waals surface area contributed by atoms with Gasteiger partial charge in [0, 0.05) is 34.3 Å². The Morgan fingerprint density at radius 2 is 1.57 bits per heavy atom. The number of rotatable bonds is 3. The van der Waals surface area contributed by atoms with E-state index in [1.807, 2.05) is 25.2 Å². The minimum Gasteiger partial charge on any atom is -0.497 e. The first kappa shape index (κ1) is 28.7. The number of aliphatic hydroxyl groups is 3. The molecule has 2 spiro atoms. The lowest BCUT2D eigenvalue weighted by Gasteiger charge is -2.60. The zero-order valence-electron chi connectivity index (χ0n) is 26.5. The molecule has 0 unspecified atom stereocenters. The van der Waals surface area contributed by atoms with Crippen molar-refractivity contribution in [2.24, 2.45) is 0 Å². The molecule has 0 saturated carbocycles. The molecule has 46 heavy (non-hydrogen) atoms. The monoisotopic (exact) mass is 624 g/mol. The Morgan fingerprint density at radius 3 is 2.28 bits per heavy atom. The first-order valence-corrected chi connectivity index (χ1v) is 16.4. The number of piperidine rings is 2. The minimum atomic E-state index is -1.11. The number of hydrogen-bond acceptors (Lipinski definition) is 9. The molecule has 0 aromatic heterocycles. The summed E-state index contributed by atoms with van der Waals surface area (Å²) >= 11 is 0. The summed E-state index contributed by atoms with van der Waals surface area (Å²) < 4.78 is 18.2. The van der Waals surface area contributed by atoms with E-state index in [-0.39, 0.29) is 36.6 Å². The van der Waals surface area contributed by atoms with Crippen LogP contribution in [0.15, 0.2) is 59.9 Å². The summed E-state index contributed by atoms with van der Waals surface area (Å²) in [7, 11) is 5.96. The number of likely N-dealkylation sites (N-methyl/N-ethyl adjacent to an activating group) is 2. The van der Waals surface area contributed by atoms with Crippen molar-refractivity contribution >= 4 is 5.78 Å². The molecule has 2 aromatic carbocycles. The van der Waals surface area contributed by atoms with Gasteiger partial charge in [-0.25, -0.2) is 0 Å². The molecule has 4 heterocycles. The lowest BCUT2D eigenvalue weighted by atomic mass is 9.51. The van der Waals surface area contributed by atoms with Crippen LogP contribution in [0.2, 0.25) is 0 Å². The largest absolute Gasteiger partial charge is 0.497 e. The number of carbonyl (C=O) groups excluding carboxylic acids is 1. The summed E-state index contributed by atoms with van der Waals surface area (Å²) in [6.45, 7) is 1.76. The second-order valence-corrected chi connectivity index (χ2v) is 14.3. The molecule has 2 saturated heterocycles. The van der Waals surface area contributed by atoms with Gasteiger partial charge in [-0.1, -0.05) is 30.3 Å². The maximum atomic E-state index is 12.5. The Morgan fingerprint density at radius 1 is 0.891 bits per heavy atom. The average Bonchev–Trinajstić information content (AvgIpc) is 3.61. The predicted octanol–water partition coefficient (Wildman–Crippen LogP) is 2.22. The second-order valence-electron chi connectivity index (χ2n) is 14.3. The van der Waals surface area contributed by atoms with Gasteiger partial charge < -0.3 is 29.5 Å². The SMILES string of the molecule is CN1CC[C@]23c4c5ccc(CO)c4O[C@H]2C(=O)C=C[C@@]3(O)[C@H]1C5.COC1=CC=C2[C@H]3Cc4ccc(CO)c5c4[C@@]2(CCN3C)[C@H]1O5. The van der Waals surface area contributed by atoms with Gasteiger partial charge >= 0.3 is 0 Å². The van der Waals surface area contributed by atoms with E-state index < -0.39 is 17.1 Å². The topological polar surface area (TPSA) is 112 Å². The van der Waals surface area contributed by atoms with E-state index in [1.165, 1.54) is 22.8 Å². The first-order valence-electron chi connectivity index (χ1n) is 16.4. The number of allylic oxidation sites excluding steroid dienone is 2. The van der Waals surface area contributed by atoms with Gasteiger partial charge in [0.2, 0.25) is 0 Å². The zero-order valence-corrected chi connectivity index (χ0v) is 26.5. The third-order valence-electron chi connectivity index (χ3n) is 12.6. The van der Waals surface area contributed by atoms with Gasteiger partial charge in [0.15, 0.2) is 18.0 Å². The molecule has 7 atom stereocenters. The van der Waals surface area contributed by atoms with Gasteiger partial charge in [0.05, 0.1) is 31.2 Å². The molecule has 0 radical (unpaired) electrons. The first-order chi connectivity index (χ1) is 22.2. The number of aliphatic hydroxyl groups excluding tert-OH is 2. The Balaban J connectivity index is 0.000000127. The molecule has 9 nitrogen and oxygen atoms in total. The van der Waals surface area contributed by atoms with E-state index in [1.54, 1.807) is 13.2 Å². The van der Waals surface area contributed by atoms with Crippen LogP contribution < -0.4 is 9.47 Å². The van der Waals surface area contributed by atoms with Crippen molar-refractivity contribution in [3.05, 3.63) is 93.3 Å². The molecule has 4 bridgehead atoms. The van der Waals surface area contributed by atoms with Gasteiger partial charge in [0.25, 0.3) is 0 Å². The van der Waals surface area contributed by atoms with Crippen molar-refractivity contribution in [2.45, 2.75) is 79.6 Å². The van der Waals surface area contributed by atoms with E-state index in [4.69, 9.17) is 14.2 Å². The molecule has 9 heteroatoms. The maximum absolute atomic E-state index is 12.5. The number of ketones is 1. The molecular formula is C37H40N2O7. The molecule has 240 valence electrons. The Bertz CT molecular complexity index is 1800. The highest BCUT2D eigenvalue weighted by Crippen LogP contribution is 2.63. The fraction of sp³-hybridized carbons (Fsp3) is 0.486. The number of nitrogens with zero attached hydrogens (tertiary/aromatic N) is 2. The molecule has 4 aliphatic heterocycles. The Kier molecular flexibility index (Phi) is 5.96. The minimum absolute atomic E-state index is 0.0137. The number of likely N-dealkylation sites (tertiary alicyclic amines) is 2. The van der Waals surface area contributed by atoms with E-state index in [0.717, 1.165) is 60.6 Å². The summed E-state index contributed by atoms with van der Waals surface area (Å²) in [5.41, 5.74) is 5.87. The van der Waals surface area contributed by atoms with Crippen LogP contribution in [-0.2, 0) is 46.4 Å². The Hall–Kier alpha value is -3.47. The van der Waals surface area contributed by atoms with Crippen LogP contribution in [0.25, 0.3) is 0 Å². The highest BCUT2D eigenvalue weighted by atomic mass is 16.5. The highest BCUT2D eigenvalue weighted by molar-refractivity contribution is 5.98. The van der Waals surface area contributed by atoms with E-state index in [9.17, 15) is 20.1 Å². The zero-order chi connectivity index (χ0) is 31.7. The number of carbonyl (C=O) groups is 1. The Labute approximate surface area is 268 Å². The molecule has 2 fully saturated rings. The quantitative estimate of drug-likeness (QED) is 0.474. The van der Waals surface area contributed by atoms with Crippen molar-refractivity contribution < 1.29 is 34.3 Å². The lowest BCUT2D eigenvalue weighted by molar-refractivity contribution is -0.151. The van der Waals surface area contributed by atoms with Crippen LogP contribution in [0.3, 0.4) is 0 Å². The van der Waals surface area contributed by atoms with Crippen molar-refractivity contribution in [1.29, 1.82) is 0 Å². The van der Waals surface area contributed by atoms with Crippen LogP contribution in [0.4, 0.5) is 0 Å². The number of methoxy groups -OCH3 is 1. The lowest BCUT2D eigenvalue weighted by Crippen LogP contribution is -2.74.